The van der Waals surface area contributed by atoms with Crippen LogP contribution in [0.4, 0.5) is 17.1 Å². The quantitative estimate of drug-likeness (QED) is 0.409. The number of allylic oxidation sites excluding steroid dienone is 3. The molecular weight excluding hydrogens is 472 g/mol. The Kier molecular flexibility index (Phi) is 6.16. The van der Waals surface area contributed by atoms with Gasteiger partial charge in [0.25, 0.3) is 11.4 Å². The van der Waals surface area contributed by atoms with Crippen molar-refractivity contribution in [1.29, 1.82) is 0 Å². The predicted molar refractivity (Wildman–Crippen MR) is 136 cm³/mol. The normalized spacial score (nSPS) is 25.0. The molecule has 2 aromatic rings. The number of non-ortho nitro benzene ring substituents is 1. The number of nitro benzene ring substituents is 1. The van der Waals surface area contributed by atoms with E-state index in [1.54, 1.807) is 18.2 Å². The van der Waals surface area contributed by atoms with Crippen LogP contribution >= 0.6 is 23.5 Å². The summed E-state index contributed by atoms with van der Waals surface area (Å²) in [6.45, 7) is 0. The van der Waals surface area contributed by atoms with E-state index in [1.165, 1.54) is 40.6 Å². The molecule has 0 fully saturated rings. The van der Waals surface area contributed by atoms with Crippen molar-refractivity contribution < 1.29 is 9.85 Å². The van der Waals surface area contributed by atoms with E-state index in [-0.39, 0.29) is 22.7 Å². The number of fused-ring (bicyclic) bond motifs is 4. The first-order valence-electron chi connectivity index (χ1n) is 10.6. The average Bonchev–Trinajstić information content (AvgIpc) is 2.85. The lowest BCUT2D eigenvalue weighted by Gasteiger charge is -2.31. The fourth-order valence-electron chi connectivity index (χ4n) is 4.01. The lowest BCUT2D eigenvalue weighted by molar-refractivity contribution is -0.419. The molecule has 2 aromatic carbocycles. The van der Waals surface area contributed by atoms with Crippen LogP contribution in [0, 0.1) is 20.2 Å². The molecule has 4 aliphatic rings. The van der Waals surface area contributed by atoms with E-state index in [2.05, 4.69) is 59.2 Å². The molecule has 0 saturated carbocycles. The van der Waals surface area contributed by atoms with Crippen LogP contribution in [-0.4, -0.2) is 32.4 Å². The summed E-state index contributed by atoms with van der Waals surface area (Å²) in [6.07, 6.45) is 13.5. The zero-order chi connectivity index (χ0) is 23.7. The summed E-state index contributed by atoms with van der Waals surface area (Å²) < 4.78 is 0. The molecular formula is C24H20N4O4S2. The maximum absolute atomic E-state index is 10.8. The van der Waals surface area contributed by atoms with Gasteiger partial charge in [0.15, 0.2) is 0 Å². The summed E-state index contributed by atoms with van der Waals surface area (Å²) in [5.41, 5.74) is 2.14. The standard InChI is InChI=1S/C12H9N3O4S.C12H11NS/c16-14(17)7-1-3-9-11(5-7)20-12-6-8(15(18)19)2-4-10(12)13-9;1-3-7-11-9(5-1)13-10-6-2-4-8-12(10)14-11/h1-6,9,11,13H;1-9,11,13H. The molecule has 0 spiro atoms. The zero-order valence-electron chi connectivity index (χ0n) is 17.7. The molecule has 2 aliphatic carbocycles. The van der Waals surface area contributed by atoms with Crippen molar-refractivity contribution in [1.82, 2.24) is 0 Å². The Morgan fingerprint density at radius 3 is 2.26 bits per heavy atom. The lowest BCUT2D eigenvalue weighted by atomic mass is 10.1. The Bertz CT molecular complexity index is 1230. The number of nitro groups is 2. The van der Waals surface area contributed by atoms with Gasteiger partial charge in [-0.15, -0.1) is 23.5 Å². The third-order valence-corrected chi connectivity index (χ3v) is 8.32. The smallest absolute Gasteiger partial charge is 0.270 e. The van der Waals surface area contributed by atoms with Gasteiger partial charge in [0.2, 0.25) is 0 Å². The third-order valence-electron chi connectivity index (χ3n) is 5.69. The molecule has 0 bridgehead atoms. The number of rotatable bonds is 2. The fraction of sp³-hybridized carbons (Fsp3) is 0.167. The van der Waals surface area contributed by atoms with Gasteiger partial charge in [0, 0.05) is 45.5 Å². The van der Waals surface area contributed by atoms with Crippen molar-refractivity contribution in [3.8, 4) is 0 Å². The van der Waals surface area contributed by atoms with Gasteiger partial charge in [-0.3, -0.25) is 20.2 Å². The van der Waals surface area contributed by atoms with Crippen LogP contribution in [0.25, 0.3) is 0 Å². The van der Waals surface area contributed by atoms with E-state index in [0.717, 1.165) is 10.6 Å². The molecule has 4 unspecified atom stereocenters. The molecule has 34 heavy (non-hydrogen) atoms. The van der Waals surface area contributed by atoms with Crippen LogP contribution in [0.15, 0.2) is 100 Å². The maximum Gasteiger partial charge on any atom is 0.270 e. The summed E-state index contributed by atoms with van der Waals surface area (Å²) in [4.78, 5) is 22.8. The van der Waals surface area contributed by atoms with E-state index in [9.17, 15) is 20.2 Å². The van der Waals surface area contributed by atoms with Crippen LogP contribution in [0.1, 0.15) is 0 Å². The van der Waals surface area contributed by atoms with Gasteiger partial charge in [0.1, 0.15) is 0 Å². The number of nitrogens with one attached hydrogen (secondary N) is 2. The van der Waals surface area contributed by atoms with Crippen molar-refractivity contribution in [2.75, 3.05) is 10.6 Å². The molecule has 6 rings (SSSR count). The largest absolute Gasteiger partial charge is 0.376 e. The fourth-order valence-corrected chi connectivity index (χ4v) is 6.44. The first-order valence-corrected chi connectivity index (χ1v) is 12.4. The molecule has 2 heterocycles. The van der Waals surface area contributed by atoms with Crippen molar-refractivity contribution in [3.63, 3.8) is 0 Å². The molecule has 0 radical (unpaired) electrons. The third kappa shape index (κ3) is 4.59. The minimum Gasteiger partial charge on any atom is -0.376 e. The Hall–Kier alpha value is -3.50. The molecule has 0 aromatic heterocycles. The van der Waals surface area contributed by atoms with E-state index in [0.29, 0.717) is 11.3 Å². The molecule has 0 amide bonds. The molecule has 4 atom stereocenters. The van der Waals surface area contributed by atoms with Gasteiger partial charge < -0.3 is 10.6 Å². The van der Waals surface area contributed by atoms with Gasteiger partial charge in [-0.05, 0) is 18.2 Å². The SMILES string of the molecule is C1=CC2Nc3ccccc3SC2C=C1.O=[N+]([O-])C1=CC2Sc3cc([N+](=O)[O-])ccc3NC2C=C1. The Morgan fingerprint density at radius 2 is 1.47 bits per heavy atom. The molecule has 0 saturated heterocycles. The van der Waals surface area contributed by atoms with Crippen LogP contribution in [0.2, 0.25) is 0 Å². The minimum absolute atomic E-state index is 0.0151. The van der Waals surface area contributed by atoms with E-state index >= 15 is 0 Å². The number of hydrogen-bond acceptors (Lipinski definition) is 8. The highest BCUT2D eigenvalue weighted by Gasteiger charge is 2.31. The number of thioether (sulfide) groups is 2. The van der Waals surface area contributed by atoms with Crippen LogP contribution < -0.4 is 10.6 Å². The van der Waals surface area contributed by atoms with Gasteiger partial charge in [-0.1, -0.05) is 42.5 Å². The van der Waals surface area contributed by atoms with E-state index in [1.807, 2.05) is 11.8 Å². The zero-order valence-corrected chi connectivity index (χ0v) is 19.4. The highest BCUT2D eigenvalue weighted by molar-refractivity contribution is 8.00. The first kappa shape index (κ1) is 22.3. The summed E-state index contributed by atoms with van der Waals surface area (Å²) in [5.74, 6) is 0. The Balaban J connectivity index is 0.000000150. The number of anilines is 2. The number of nitrogens with zero attached hydrogens (tertiary/aromatic N) is 2. The van der Waals surface area contributed by atoms with Crippen LogP contribution in [0.5, 0.6) is 0 Å². The highest BCUT2D eigenvalue weighted by Crippen LogP contribution is 2.42. The van der Waals surface area contributed by atoms with Crippen molar-refractivity contribution in [2.24, 2.45) is 0 Å². The highest BCUT2D eigenvalue weighted by atomic mass is 32.2. The van der Waals surface area contributed by atoms with Crippen LogP contribution in [0.3, 0.4) is 0 Å². The second-order valence-electron chi connectivity index (χ2n) is 7.92. The lowest BCUT2D eigenvalue weighted by Crippen LogP contribution is -2.34. The minimum atomic E-state index is -0.452. The predicted octanol–water partition coefficient (Wildman–Crippen LogP) is 5.65. The Morgan fingerprint density at radius 1 is 0.765 bits per heavy atom. The molecule has 8 nitrogen and oxygen atoms in total. The van der Waals surface area contributed by atoms with E-state index < -0.39 is 9.85 Å². The van der Waals surface area contributed by atoms with Crippen LogP contribution in [-0.2, 0) is 0 Å². The summed E-state index contributed by atoms with van der Waals surface area (Å²) in [7, 11) is 0. The molecule has 172 valence electrons. The molecule has 2 aliphatic heterocycles. The number of hydrogen-bond donors (Lipinski definition) is 2. The monoisotopic (exact) mass is 492 g/mol. The summed E-state index contributed by atoms with van der Waals surface area (Å²) in [6, 6.07) is 13.5. The first-order chi connectivity index (χ1) is 16.5. The second-order valence-corrected chi connectivity index (χ2v) is 10.4. The van der Waals surface area contributed by atoms with Crippen molar-refractivity contribution in [3.05, 3.63) is 111 Å². The topological polar surface area (TPSA) is 110 Å². The van der Waals surface area contributed by atoms with Gasteiger partial charge in [-0.2, -0.15) is 0 Å². The summed E-state index contributed by atoms with van der Waals surface area (Å²) in [5, 5.41) is 28.7. The molecule has 10 heteroatoms. The van der Waals surface area contributed by atoms with Gasteiger partial charge in [-0.25, -0.2) is 0 Å². The van der Waals surface area contributed by atoms with Gasteiger partial charge in [0.05, 0.1) is 32.4 Å². The van der Waals surface area contributed by atoms with Gasteiger partial charge >= 0.3 is 0 Å². The van der Waals surface area contributed by atoms with Crippen molar-refractivity contribution >= 4 is 40.6 Å². The van der Waals surface area contributed by atoms with E-state index in [4.69, 9.17) is 0 Å². The maximum atomic E-state index is 10.8. The number of para-hydroxylation sites is 1. The number of benzene rings is 2. The summed E-state index contributed by atoms with van der Waals surface area (Å²) >= 11 is 3.33. The van der Waals surface area contributed by atoms with Crippen molar-refractivity contribution in [2.45, 2.75) is 32.4 Å². The molecule has 2 N–H and O–H groups in total. The Labute approximate surface area is 204 Å². The average molecular weight is 493 g/mol. The second kappa shape index (κ2) is 9.40.